The maximum atomic E-state index is 8.68. The molecule has 0 aromatic carbocycles. The molecule has 4 nitrogen and oxygen atoms in total. The number of nitriles is 1. The Balaban J connectivity index is 2.16. The van der Waals surface area contributed by atoms with Crippen LogP contribution in [-0.4, -0.2) is 24.3 Å². The van der Waals surface area contributed by atoms with Crippen molar-refractivity contribution in [1.29, 1.82) is 5.26 Å². The van der Waals surface area contributed by atoms with Crippen molar-refractivity contribution in [1.82, 2.24) is 4.98 Å². The number of rotatable bonds is 2. The summed E-state index contributed by atoms with van der Waals surface area (Å²) in [4.78, 5) is 3.94. The highest BCUT2D eigenvalue weighted by molar-refractivity contribution is 6.29. The molecule has 0 unspecified atom stereocenters. The molecule has 0 atom stereocenters. The Bertz CT molecular complexity index is 385. The van der Waals surface area contributed by atoms with Crippen LogP contribution in [0.3, 0.4) is 0 Å². The molecule has 0 radical (unpaired) electrons. The van der Waals surface area contributed by atoms with E-state index < -0.39 is 0 Å². The molecular formula is C9H7ClN2O2. The van der Waals surface area contributed by atoms with Crippen molar-refractivity contribution in [3.8, 4) is 11.9 Å². The first-order valence-electron chi connectivity index (χ1n) is 4.10. The summed E-state index contributed by atoms with van der Waals surface area (Å²) in [5.41, 5.74) is 0.445. The molecule has 1 aliphatic rings. The highest BCUT2D eigenvalue weighted by Crippen LogP contribution is 2.18. The minimum atomic E-state index is 0.0347. The van der Waals surface area contributed by atoms with Crippen LogP contribution in [0.4, 0.5) is 0 Å². The lowest BCUT2D eigenvalue weighted by molar-refractivity contribution is -0.0813. The van der Waals surface area contributed by atoms with Crippen LogP contribution in [0, 0.1) is 11.3 Å². The van der Waals surface area contributed by atoms with Gasteiger partial charge < -0.3 is 9.47 Å². The van der Waals surface area contributed by atoms with Gasteiger partial charge in [0.15, 0.2) is 0 Å². The smallest absolute Gasteiger partial charge is 0.216 e. The fourth-order valence-electron chi connectivity index (χ4n) is 1.05. The van der Waals surface area contributed by atoms with Gasteiger partial charge in [0.05, 0.1) is 24.8 Å². The van der Waals surface area contributed by atoms with Crippen molar-refractivity contribution in [3.05, 3.63) is 22.8 Å². The summed E-state index contributed by atoms with van der Waals surface area (Å²) in [5, 5.41) is 8.94. The SMILES string of the molecule is N#Cc1cc(Cl)nc(OC2COC2)c1. The predicted octanol–water partition coefficient (Wildman–Crippen LogP) is 1.38. The van der Waals surface area contributed by atoms with Crippen LogP contribution in [0.25, 0.3) is 0 Å². The molecule has 2 heterocycles. The summed E-state index contributed by atoms with van der Waals surface area (Å²) in [7, 11) is 0. The standard InChI is InChI=1S/C9H7ClN2O2/c10-8-1-6(3-11)2-9(12-8)14-7-4-13-5-7/h1-2,7H,4-5H2. The molecule has 1 aliphatic heterocycles. The average Bonchev–Trinajstić information content (AvgIpc) is 2.10. The lowest BCUT2D eigenvalue weighted by Gasteiger charge is -2.26. The quantitative estimate of drug-likeness (QED) is 0.692. The van der Waals surface area contributed by atoms with Crippen LogP contribution in [0.15, 0.2) is 12.1 Å². The van der Waals surface area contributed by atoms with Gasteiger partial charge in [-0.25, -0.2) is 4.98 Å². The number of ether oxygens (including phenoxy) is 2. The van der Waals surface area contributed by atoms with Gasteiger partial charge in [0.1, 0.15) is 11.3 Å². The zero-order valence-electron chi connectivity index (χ0n) is 7.24. The minimum Gasteiger partial charge on any atom is -0.469 e. The van der Waals surface area contributed by atoms with Crippen LogP contribution >= 0.6 is 11.6 Å². The van der Waals surface area contributed by atoms with Gasteiger partial charge in [-0.15, -0.1) is 0 Å². The van der Waals surface area contributed by atoms with Crippen molar-refractivity contribution in [2.75, 3.05) is 13.2 Å². The Morgan fingerprint density at radius 2 is 2.36 bits per heavy atom. The van der Waals surface area contributed by atoms with E-state index in [-0.39, 0.29) is 11.3 Å². The second-order valence-corrected chi connectivity index (χ2v) is 3.29. The van der Waals surface area contributed by atoms with Gasteiger partial charge in [-0.05, 0) is 6.07 Å². The molecule has 0 amide bonds. The molecular weight excluding hydrogens is 204 g/mol. The van der Waals surface area contributed by atoms with E-state index >= 15 is 0 Å². The molecule has 0 saturated carbocycles. The topological polar surface area (TPSA) is 55.1 Å². The third-order valence-corrected chi connectivity index (χ3v) is 1.99. The van der Waals surface area contributed by atoms with E-state index in [0.717, 1.165) is 0 Å². The Hall–Kier alpha value is -1.31. The molecule has 1 aromatic rings. The fraction of sp³-hybridized carbons (Fsp3) is 0.333. The highest BCUT2D eigenvalue weighted by Gasteiger charge is 2.20. The molecule has 5 heteroatoms. The maximum Gasteiger partial charge on any atom is 0.216 e. The first-order chi connectivity index (χ1) is 6.78. The van der Waals surface area contributed by atoms with E-state index in [1.165, 1.54) is 6.07 Å². The minimum absolute atomic E-state index is 0.0347. The molecule has 0 aliphatic carbocycles. The van der Waals surface area contributed by atoms with Crippen LogP contribution in [0.1, 0.15) is 5.56 Å². The van der Waals surface area contributed by atoms with Crippen molar-refractivity contribution in [3.63, 3.8) is 0 Å². The van der Waals surface area contributed by atoms with Gasteiger partial charge in [-0.1, -0.05) is 11.6 Å². The van der Waals surface area contributed by atoms with Crippen LogP contribution < -0.4 is 4.74 Å². The number of pyridine rings is 1. The zero-order chi connectivity index (χ0) is 9.97. The van der Waals surface area contributed by atoms with E-state index in [2.05, 4.69) is 4.98 Å². The van der Waals surface area contributed by atoms with E-state index in [4.69, 9.17) is 26.3 Å². The van der Waals surface area contributed by atoms with Gasteiger partial charge in [0, 0.05) is 6.07 Å². The Kier molecular flexibility index (Phi) is 2.53. The molecule has 0 spiro atoms. The number of hydrogen-bond donors (Lipinski definition) is 0. The van der Waals surface area contributed by atoms with Crippen LogP contribution in [0.2, 0.25) is 5.15 Å². The summed E-state index contributed by atoms with van der Waals surface area (Å²) >= 11 is 5.70. The molecule has 2 rings (SSSR count). The molecule has 72 valence electrons. The van der Waals surface area contributed by atoms with Gasteiger partial charge in [0.2, 0.25) is 5.88 Å². The number of halogens is 1. The Labute approximate surface area is 86.0 Å². The Morgan fingerprint density at radius 1 is 1.57 bits per heavy atom. The van der Waals surface area contributed by atoms with Crippen molar-refractivity contribution in [2.24, 2.45) is 0 Å². The molecule has 0 bridgehead atoms. The van der Waals surface area contributed by atoms with Crippen molar-refractivity contribution in [2.45, 2.75) is 6.10 Å². The van der Waals surface area contributed by atoms with Gasteiger partial charge in [0.25, 0.3) is 0 Å². The number of hydrogen-bond acceptors (Lipinski definition) is 4. The van der Waals surface area contributed by atoms with Gasteiger partial charge in [-0.3, -0.25) is 0 Å². The Morgan fingerprint density at radius 3 is 2.93 bits per heavy atom. The van der Waals surface area contributed by atoms with Crippen LogP contribution in [0.5, 0.6) is 5.88 Å². The molecule has 0 N–H and O–H groups in total. The lowest BCUT2D eigenvalue weighted by Crippen LogP contribution is -2.38. The van der Waals surface area contributed by atoms with E-state index in [1.807, 2.05) is 6.07 Å². The van der Waals surface area contributed by atoms with Gasteiger partial charge >= 0.3 is 0 Å². The van der Waals surface area contributed by atoms with Crippen LogP contribution in [-0.2, 0) is 4.74 Å². The zero-order valence-corrected chi connectivity index (χ0v) is 7.99. The summed E-state index contributed by atoms with van der Waals surface area (Å²) in [5.74, 6) is 0.377. The molecule has 1 aromatic heterocycles. The molecule has 1 fully saturated rings. The summed E-state index contributed by atoms with van der Waals surface area (Å²) in [6.07, 6.45) is 0.0347. The number of nitrogens with zero attached hydrogens (tertiary/aromatic N) is 2. The molecule has 14 heavy (non-hydrogen) atoms. The predicted molar refractivity (Wildman–Crippen MR) is 49.2 cm³/mol. The molecule has 1 saturated heterocycles. The largest absolute Gasteiger partial charge is 0.469 e. The second kappa shape index (κ2) is 3.82. The van der Waals surface area contributed by atoms with Crippen molar-refractivity contribution >= 4 is 11.6 Å². The summed E-state index contributed by atoms with van der Waals surface area (Å²) in [6, 6.07) is 5.03. The first-order valence-corrected chi connectivity index (χ1v) is 4.48. The summed E-state index contributed by atoms with van der Waals surface area (Å²) < 4.78 is 10.3. The number of aromatic nitrogens is 1. The van der Waals surface area contributed by atoms with Crippen molar-refractivity contribution < 1.29 is 9.47 Å². The third kappa shape index (κ3) is 1.95. The lowest BCUT2D eigenvalue weighted by atomic mass is 10.3. The van der Waals surface area contributed by atoms with E-state index in [9.17, 15) is 0 Å². The second-order valence-electron chi connectivity index (χ2n) is 2.91. The first kappa shape index (κ1) is 9.25. The van der Waals surface area contributed by atoms with E-state index in [0.29, 0.717) is 24.7 Å². The third-order valence-electron chi connectivity index (χ3n) is 1.79. The van der Waals surface area contributed by atoms with E-state index in [1.54, 1.807) is 6.07 Å². The fourth-order valence-corrected chi connectivity index (χ4v) is 1.25. The highest BCUT2D eigenvalue weighted by atomic mass is 35.5. The average molecular weight is 211 g/mol. The maximum absolute atomic E-state index is 8.68. The summed E-state index contributed by atoms with van der Waals surface area (Å²) in [6.45, 7) is 1.13. The monoisotopic (exact) mass is 210 g/mol. The van der Waals surface area contributed by atoms with Gasteiger partial charge in [-0.2, -0.15) is 5.26 Å². The normalized spacial score (nSPS) is 15.7.